The van der Waals surface area contributed by atoms with Crippen molar-refractivity contribution in [1.82, 2.24) is 9.80 Å². The van der Waals surface area contributed by atoms with E-state index in [-0.39, 0.29) is 30.1 Å². The van der Waals surface area contributed by atoms with E-state index in [2.05, 4.69) is 5.32 Å². The number of para-hydroxylation sites is 1. The van der Waals surface area contributed by atoms with Crippen LogP contribution in [0.1, 0.15) is 12.0 Å². The molecule has 0 aromatic heterocycles. The summed E-state index contributed by atoms with van der Waals surface area (Å²) in [5, 5.41) is 2.95. The molecule has 23 heavy (non-hydrogen) atoms. The van der Waals surface area contributed by atoms with E-state index in [0.717, 1.165) is 11.3 Å². The van der Waals surface area contributed by atoms with Gasteiger partial charge in [-0.25, -0.2) is 4.79 Å². The number of benzene rings is 1. The molecule has 2 bridgehead atoms. The maximum atomic E-state index is 12.5. The maximum Gasteiger partial charge on any atom is 0.322 e. The van der Waals surface area contributed by atoms with Gasteiger partial charge in [-0.3, -0.25) is 4.79 Å². The number of morpholine rings is 1. The van der Waals surface area contributed by atoms with Gasteiger partial charge in [0.05, 0.1) is 18.1 Å². The van der Waals surface area contributed by atoms with Gasteiger partial charge in [-0.15, -0.1) is 0 Å². The van der Waals surface area contributed by atoms with Crippen LogP contribution in [0.4, 0.5) is 10.5 Å². The number of hydrogen-bond donors (Lipinski definition) is 1. The number of carbonyl (C=O) groups excluding carboxylic acids is 2. The summed E-state index contributed by atoms with van der Waals surface area (Å²) in [5.74, 6) is -0.0649. The van der Waals surface area contributed by atoms with Gasteiger partial charge in [-0.1, -0.05) is 18.2 Å². The Bertz CT molecular complexity index is 617. The molecule has 0 radical (unpaired) electrons. The van der Waals surface area contributed by atoms with Gasteiger partial charge in [0.1, 0.15) is 0 Å². The molecule has 2 fully saturated rings. The lowest BCUT2D eigenvalue weighted by Gasteiger charge is -2.33. The Morgan fingerprint density at radius 3 is 2.70 bits per heavy atom. The molecule has 1 N–H and O–H groups in total. The van der Waals surface area contributed by atoms with Crippen LogP contribution in [0.15, 0.2) is 24.3 Å². The number of urea groups is 1. The summed E-state index contributed by atoms with van der Waals surface area (Å²) < 4.78 is 5.87. The molecule has 3 rings (SSSR count). The first-order chi connectivity index (χ1) is 11.0. The van der Waals surface area contributed by atoms with Crippen molar-refractivity contribution in [2.45, 2.75) is 25.6 Å². The third kappa shape index (κ3) is 3.17. The molecule has 0 spiro atoms. The molecule has 6 nitrogen and oxygen atoms in total. The smallest absolute Gasteiger partial charge is 0.322 e. The second kappa shape index (κ2) is 6.20. The van der Waals surface area contributed by atoms with Crippen LogP contribution in [0, 0.1) is 12.8 Å². The van der Waals surface area contributed by atoms with Gasteiger partial charge < -0.3 is 19.9 Å². The van der Waals surface area contributed by atoms with Gasteiger partial charge in [0.25, 0.3) is 0 Å². The molecule has 2 aliphatic rings. The van der Waals surface area contributed by atoms with Crippen molar-refractivity contribution < 1.29 is 14.3 Å². The first-order valence-electron chi connectivity index (χ1n) is 7.94. The van der Waals surface area contributed by atoms with Crippen molar-refractivity contribution in [3.05, 3.63) is 29.8 Å². The highest BCUT2D eigenvalue weighted by atomic mass is 16.5. The quantitative estimate of drug-likeness (QED) is 0.903. The molecule has 124 valence electrons. The Kier molecular flexibility index (Phi) is 4.26. The highest BCUT2D eigenvalue weighted by Gasteiger charge is 2.46. The lowest BCUT2D eigenvalue weighted by atomic mass is 9.99. The second-order valence-electron chi connectivity index (χ2n) is 6.52. The Balaban J connectivity index is 1.66. The standard InChI is InChI=1S/C17H23N3O3/c1-11-6-4-5-7-14(11)18-17(22)20-9-12-8-13(15(10-20)23-12)16(21)19(2)3/h4-7,12-13,15H,8-10H2,1-3H3,(H,18,22)/t12-,13+,15-/m1/s1. The summed E-state index contributed by atoms with van der Waals surface area (Å²) in [5.41, 5.74) is 1.84. The second-order valence-corrected chi connectivity index (χ2v) is 6.52. The average molecular weight is 317 g/mol. The Labute approximate surface area is 136 Å². The number of likely N-dealkylation sites (tertiary alicyclic amines) is 1. The van der Waals surface area contributed by atoms with Gasteiger partial charge in [-0.2, -0.15) is 0 Å². The van der Waals surface area contributed by atoms with Crippen LogP contribution in [0.2, 0.25) is 0 Å². The van der Waals surface area contributed by atoms with Crippen molar-refractivity contribution >= 4 is 17.6 Å². The topological polar surface area (TPSA) is 61.9 Å². The summed E-state index contributed by atoms with van der Waals surface area (Å²) in [6.07, 6.45) is 0.437. The number of nitrogens with zero attached hydrogens (tertiary/aromatic N) is 2. The molecule has 3 atom stereocenters. The predicted octanol–water partition coefficient (Wildman–Crippen LogP) is 1.70. The largest absolute Gasteiger partial charge is 0.370 e. The summed E-state index contributed by atoms with van der Waals surface area (Å²) in [4.78, 5) is 28.1. The van der Waals surface area contributed by atoms with Crippen LogP contribution in [-0.2, 0) is 9.53 Å². The van der Waals surface area contributed by atoms with Gasteiger partial charge in [0.2, 0.25) is 5.91 Å². The third-order valence-corrected chi connectivity index (χ3v) is 4.59. The SMILES string of the molecule is Cc1ccccc1NC(=O)N1C[C@H]2C[C@H](C(=O)N(C)C)[C@@H](C1)O2. The highest BCUT2D eigenvalue weighted by Crippen LogP contribution is 2.33. The zero-order chi connectivity index (χ0) is 16.6. The summed E-state index contributed by atoms with van der Waals surface area (Å²) in [7, 11) is 3.51. The van der Waals surface area contributed by atoms with E-state index >= 15 is 0 Å². The monoisotopic (exact) mass is 317 g/mol. The molecule has 3 amide bonds. The van der Waals surface area contributed by atoms with E-state index in [1.165, 1.54) is 0 Å². The molecule has 6 heteroatoms. The van der Waals surface area contributed by atoms with E-state index < -0.39 is 0 Å². The van der Waals surface area contributed by atoms with Crippen LogP contribution in [0.25, 0.3) is 0 Å². The Morgan fingerprint density at radius 1 is 1.26 bits per heavy atom. The van der Waals surface area contributed by atoms with Gasteiger partial charge in [0, 0.05) is 32.9 Å². The zero-order valence-corrected chi connectivity index (χ0v) is 13.8. The van der Waals surface area contributed by atoms with E-state index in [9.17, 15) is 9.59 Å². The van der Waals surface area contributed by atoms with Crippen molar-refractivity contribution in [3.63, 3.8) is 0 Å². The number of rotatable bonds is 2. The summed E-state index contributed by atoms with van der Waals surface area (Å²) in [6, 6.07) is 7.57. The third-order valence-electron chi connectivity index (χ3n) is 4.59. The number of fused-ring (bicyclic) bond motifs is 2. The van der Waals surface area contributed by atoms with Gasteiger partial charge >= 0.3 is 6.03 Å². The van der Waals surface area contributed by atoms with E-state index in [4.69, 9.17) is 4.74 Å². The molecular weight excluding hydrogens is 294 g/mol. The fraction of sp³-hybridized carbons (Fsp3) is 0.529. The lowest BCUT2D eigenvalue weighted by Crippen LogP contribution is -2.49. The van der Waals surface area contributed by atoms with E-state index in [1.807, 2.05) is 31.2 Å². The maximum absolute atomic E-state index is 12.5. The van der Waals surface area contributed by atoms with E-state index in [1.54, 1.807) is 23.9 Å². The van der Waals surface area contributed by atoms with Crippen LogP contribution in [0.3, 0.4) is 0 Å². The lowest BCUT2D eigenvalue weighted by molar-refractivity contribution is -0.135. The molecule has 0 unspecified atom stereocenters. The molecule has 2 heterocycles. The Morgan fingerprint density at radius 2 is 2.00 bits per heavy atom. The number of aryl methyl sites for hydroxylation is 1. The van der Waals surface area contributed by atoms with Crippen molar-refractivity contribution in [2.24, 2.45) is 5.92 Å². The number of carbonyl (C=O) groups is 2. The zero-order valence-electron chi connectivity index (χ0n) is 13.8. The van der Waals surface area contributed by atoms with Crippen LogP contribution in [0.5, 0.6) is 0 Å². The van der Waals surface area contributed by atoms with Crippen molar-refractivity contribution in [1.29, 1.82) is 0 Å². The van der Waals surface area contributed by atoms with E-state index in [0.29, 0.717) is 19.5 Å². The number of nitrogens with one attached hydrogen (secondary N) is 1. The molecule has 2 aliphatic heterocycles. The summed E-state index contributed by atoms with van der Waals surface area (Å²) >= 11 is 0. The Hall–Kier alpha value is -2.08. The normalized spacial score (nSPS) is 26.0. The van der Waals surface area contributed by atoms with Crippen LogP contribution >= 0.6 is 0 Å². The van der Waals surface area contributed by atoms with Crippen molar-refractivity contribution in [3.8, 4) is 0 Å². The fourth-order valence-electron chi connectivity index (χ4n) is 3.32. The van der Waals surface area contributed by atoms with Crippen LogP contribution in [-0.4, -0.2) is 61.1 Å². The minimum atomic E-state index is -0.203. The summed E-state index contributed by atoms with van der Waals surface area (Å²) in [6.45, 7) is 2.95. The average Bonchev–Trinajstić information content (AvgIpc) is 2.82. The molecule has 1 aromatic carbocycles. The van der Waals surface area contributed by atoms with Crippen LogP contribution < -0.4 is 5.32 Å². The van der Waals surface area contributed by atoms with Gasteiger partial charge in [-0.05, 0) is 25.0 Å². The number of ether oxygens (including phenoxy) is 1. The minimum Gasteiger partial charge on any atom is -0.370 e. The predicted molar refractivity (Wildman–Crippen MR) is 87.2 cm³/mol. The molecule has 0 aliphatic carbocycles. The number of amides is 3. The molecule has 1 aromatic rings. The highest BCUT2D eigenvalue weighted by molar-refractivity contribution is 5.90. The first-order valence-corrected chi connectivity index (χ1v) is 7.94. The molecule has 0 saturated carbocycles. The number of hydrogen-bond acceptors (Lipinski definition) is 3. The molecular formula is C17H23N3O3. The molecule has 2 saturated heterocycles. The van der Waals surface area contributed by atoms with Gasteiger partial charge in [0.15, 0.2) is 0 Å². The van der Waals surface area contributed by atoms with Crippen molar-refractivity contribution in [2.75, 3.05) is 32.5 Å². The minimum absolute atomic E-state index is 0.0507. The number of anilines is 1. The first kappa shape index (κ1) is 15.8. The fourth-order valence-corrected chi connectivity index (χ4v) is 3.32.